The fraction of sp³-hybridized carbons (Fsp3) is 0.167. The van der Waals surface area contributed by atoms with Crippen LogP contribution in [0.5, 0.6) is 0 Å². The minimum Gasteiger partial charge on any atom is -0.326 e. The van der Waals surface area contributed by atoms with Crippen molar-refractivity contribution in [3.63, 3.8) is 0 Å². The van der Waals surface area contributed by atoms with Crippen LogP contribution in [0.3, 0.4) is 0 Å². The lowest BCUT2D eigenvalue weighted by Gasteiger charge is -2.25. The van der Waals surface area contributed by atoms with Gasteiger partial charge in [-0.1, -0.05) is 54.6 Å². The molecule has 1 N–H and O–H groups in total. The van der Waals surface area contributed by atoms with Gasteiger partial charge in [0.2, 0.25) is 11.8 Å². The Morgan fingerprint density at radius 3 is 2.62 bits per heavy atom. The van der Waals surface area contributed by atoms with Crippen LogP contribution in [0, 0.1) is 6.92 Å². The van der Waals surface area contributed by atoms with E-state index in [1.807, 2.05) is 90.7 Å². The number of nitrogens with zero attached hydrogens (tertiary/aromatic N) is 1. The highest BCUT2D eigenvalue weighted by atomic mass is 32.2. The molecule has 0 bridgehead atoms. The Morgan fingerprint density at radius 1 is 1.03 bits per heavy atom. The molecule has 0 unspecified atom stereocenters. The maximum Gasteiger partial charge on any atom is 0.238 e. The van der Waals surface area contributed by atoms with Gasteiger partial charge in [0.15, 0.2) is 0 Å². The Bertz CT molecular complexity index is 1040. The van der Waals surface area contributed by atoms with E-state index in [0.717, 1.165) is 28.1 Å². The summed E-state index contributed by atoms with van der Waals surface area (Å²) in [5.74, 6) is 0.492. The first-order valence-electron chi connectivity index (χ1n) is 9.54. The maximum atomic E-state index is 12.6. The van der Waals surface area contributed by atoms with Gasteiger partial charge in [-0.05, 0) is 47.9 Å². The van der Waals surface area contributed by atoms with Gasteiger partial charge in [-0.25, -0.2) is 0 Å². The first kappa shape index (κ1) is 19.3. The smallest absolute Gasteiger partial charge is 0.238 e. The van der Waals surface area contributed by atoms with Gasteiger partial charge in [0.1, 0.15) is 5.37 Å². The summed E-state index contributed by atoms with van der Waals surface area (Å²) >= 11 is 1.61. The highest BCUT2D eigenvalue weighted by molar-refractivity contribution is 8.00. The van der Waals surface area contributed by atoms with E-state index in [-0.39, 0.29) is 17.2 Å². The molecule has 2 amide bonds. The number of thioether (sulfide) groups is 1. The van der Waals surface area contributed by atoms with Crippen molar-refractivity contribution in [2.24, 2.45) is 0 Å². The molecule has 0 spiro atoms. The van der Waals surface area contributed by atoms with Crippen LogP contribution in [0.15, 0.2) is 78.9 Å². The third-order valence-corrected chi connectivity index (χ3v) is 6.02. The van der Waals surface area contributed by atoms with Crippen LogP contribution in [0.25, 0.3) is 0 Å². The number of amides is 2. The zero-order valence-corrected chi connectivity index (χ0v) is 17.0. The van der Waals surface area contributed by atoms with E-state index in [0.29, 0.717) is 12.2 Å². The number of nitrogens with one attached hydrogen (secondary N) is 1. The number of benzene rings is 3. The molecule has 1 saturated heterocycles. The Hall–Kier alpha value is -3.05. The topological polar surface area (TPSA) is 49.4 Å². The number of hydrogen-bond donors (Lipinski definition) is 1. The molecule has 0 radical (unpaired) electrons. The Balaban J connectivity index is 1.53. The molecule has 29 heavy (non-hydrogen) atoms. The van der Waals surface area contributed by atoms with Crippen LogP contribution in [-0.2, 0) is 16.0 Å². The zero-order chi connectivity index (χ0) is 20.2. The first-order chi connectivity index (χ1) is 14.1. The van der Waals surface area contributed by atoms with E-state index in [1.165, 1.54) is 0 Å². The van der Waals surface area contributed by atoms with Crippen LogP contribution in [0.4, 0.5) is 11.4 Å². The van der Waals surface area contributed by atoms with Crippen molar-refractivity contribution in [2.45, 2.75) is 18.7 Å². The summed E-state index contributed by atoms with van der Waals surface area (Å²) in [7, 11) is 0. The fourth-order valence-corrected chi connectivity index (χ4v) is 4.65. The lowest BCUT2D eigenvalue weighted by Crippen LogP contribution is -2.27. The third-order valence-electron chi connectivity index (χ3n) is 4.81. The summed E-state index contributed by atoms with van der Waals surface area (Å²) in [6.45, 7) is 2.02. The molecule has 4 rings (SSSR count). The summed E-state index contributed by atoms with van der Waals surface area (Å²) in [5, 5.41) is 2.88. The average molecular weight is 403 g/mol. The highest BCUT2D eigenvalue weighted by Crippen LogP contribution is 2.42. The van der Waals surface area contributed by atoms with Gasteiger partial charge in [-0.2, -0.15) is 0 Å². The Labute approximate surface area is 174 Å². The first-order valence-corrected chi connectivity index (χ1v) is 10.6. The molecular weight excluding hydrogens is 380 g/mol. The van der Waals surface area contributed by atoms with Gasteiger partial charge in [-0.3, -0.25) is 14.5 Å². The van der Waals surface area contributed by atoms with Crippen LogP contribution in [0.2, 0.25) is 0 Å². The largest absolute Gasteiger partial charge is 0.326 e. The second-order valence-electron chi connectivity index (χ2n) is 7.10. The van der Waals surface area contributed by atoms with Gasteiger partial charge in [0, 0.05) is 11.4 Å². The summed E-state index contributed by atoms with van der Waals surface area (Å²) in [5.41, 5.74) is 4.74. The van der Waals surface area contributed by atoms with E-state index in [2.05, 4.69) is 5.32 Å². The van der Waals surface area contributed by atoms with E-state index in [4.69, 9.17) is 0 Å². The van der Waals surface area contributed by atoms with Crippen molar-refractivity contribution < 1.29 is 9.59 Å². The quantitative estimate of drug-likeness (QED) is 0.657. The number of rotatable bonds is 5. The van der Waals surface area contributed by atoms with Gasteiger partial charge in [-0.15, -0.1) is 11.8 Å². The molecule has 5 heteroatoms. The molecule has 1 aliphatic rings. The van der Waals surface area contributed by atoms with Crippen molar-refractivity contribution in [3.05, 3.63) is 95.6 Å². The summed E-state index contributed by atoms with van der Waals surface area (Å²) in [4.78, 5) is 26.8. The zero-order valence-electron chi connectivity index (χ0n) is 16.2. The second-order valence-corrected chi connectivity index (χ2v) is 8.17. The molecule has 146 valence electrons. The fourth-order valence-electron chi connectivity index (χ4n) is 3.48. The molecule has 1 aliphatic heterocycles. The summed E-state index contributed by atoms with van der Waals surface area (Å²) < 4.78 is 0. The number of hydrogen-bond acceptors (Lipinski definition) is 3. The molecule has 3 aromatic rings. The summed E-state index contributed by atoms with van der Waals surface area (Å²) in [6.07, 6.45) is 0.331. The monoisotopic (exact) mass is 402 g/mol. The van der Waals surface area contributed by atoms with Crippen molar-refractivity contribution in [3.8, 4) is 0 Å². The average Bonchev–Trinajstić information content (AvgIpc) is 3.10. The minimum atomic E-state index is -0.102. The van der Waals surface area contributed by atoms with Crippen LogP contribution >= 0.6 is 11.8 Å². The number of carbonyl (C=O) groups is 2. The molecule has 1 atom stereocenters. The van der Waals surface area contributed by atoms with E-state index in [9.17, 15) is 9.59 Å². The van der Waals surface area contributed by atoms with Crippen molar-refractivity contribution >= 4 is 35.0 Å². The van der Waals surface area contributed by atoms with Crippen molar-refractivity contribution in [1.82, 2.24) is 0 Å². The molecule has 1 heterocycles. The molecule has 1 fully saturated rings. The normalized spacial score (nSPS) is 16.1. The highest BCUT2D eigenvalue weighted by Gasteiger charge is 2.34. The Morgan fingerprint density at radius 2 is 1.83 bits per heavy atom. The number of anilines is 2. The summed E-state index contributed by atoms with van der Waals surface area (Å²) in [6, 6.07) is 25.4. The SMILES string of the molecule is Cc1cccc(N2C(=O)CS[C@@H]2c2cccc(NC(=O)Cc3ccccc3)c2)c1. The van der Waals surface area contributed by atoms with E-state index < -0.39 is 0 Å². The molecule has 3 aromatic carbocycles. The minimum absolute atomic E-state index is 0.0564. The van der Waals surface area contributed by atoms with Crippen molar-refractivity contribution in [2.75, 3.05) is 16.0 Å². The lowest BCUT2D eigenvalue weighted by molar-refractivity contribution is -0.116. The number of carbonyl (C=O) groups excluding carboxylic acids is 2. The van der Waals surface area contributed by atoms with E-state index >= 15 is 0 Å². The standard InChI is InChI=1S/C24H22N2O2S/c1-17-7-5-12-21(13-17)26-23(28)16-29-24(26)19-10-6-11-20(15-19)25-22(27)14-18-8-3-2-4-9-18/h2-13,15,24H,14,16H2,1H3,(H,25,27)/t24-/m1/s1. The van der Waals surface area contributed by atoms with E-state index in [1.54, 1.807) is 11.8 Å². The molecular formula is C24H22N2O2S. The molecule has 0 aliphatic carbocycles. The van der Waals surface area contributed by atoms with Gasteiger partial charge in [0.25, 0.3) is 0 Å². The van der Waals surface area contributed by atoms with Gasteiger partial charge in [0.05, 0.1) is 12.2 Å². The van der Waals surface area contributed by atoms with Gasteiger partial charge < -0.3 is 5.32 Å². The predicted molar refractivity (Wildman–Crippen MR) is 119 cm³/mol. The maximum absolute atomic E-state index is 12.6. The lowest BCUT2D eigenvalue weighted by atomic mass is 10.1. The van der Waals surface area contributed by atoms with Crippen LogP contribution in [0.1, 0.15) is 22.1 Å². The third kappa shape index (κ3) is 4.51. The number of aryl methyl sites for hydroxylation is 1. The molecule has 0 saturated carbocycles. The Kier molecular flexibility index (Phi) is 5.67. The van der Waals surface area contributed by atoms with Crippen LogP contribution < -0.4 is 10.2 Å². The molecule has 0 aromatic heterocycles. The van der Waals surface area contributed by atoms with Crippen LogP contribution in [-0.4, -0.2) is 17.6 Å². The van der Waals surface area contributed by atoms with Gasteiger partial charge >= 0.3 is 0 Å². The van der Waals surface area contributed by atoms with Crippen molar-refractivity contribution in [1.29, 1.82) is 0 Å². The second kappa shape index (κ2) is 8.53. The predicted octanol–water partition coefficient (Wildman–Crippen LogP) is 4.95. The molecule has 4 nitrogen and oxygen atoms in total.